The van der Waals surface area contributed by atoms with Crippen molar-refractivity contribution in [1.82, 2.24) is 15.3 Å². The zero-order chi connectivity index (χ0) is 9.12. The molecule has 1 aliphatic carbocycles. The van der Waals surface area contributed by atoms with Crippen LogP contribution in [0.2, 0.25) is 0 Å². The van der Waals surface area contributed by atoms with Crippen LogP contribution in [-0.2, 0) is 6.42 Å². The fraction of sp³-hybridized carbons (Fsp3) is 0.727. The van der Waals surface area contributed by atoms with Crippen LogP contribution in [-0.4, -0.2) is 16.0 Å². The molecule has 1 saturated heterocycles. The molecule has 2 aliphatic heterocycles. The minimum Gasteiger partial charge on any atom is -0.345 e. The summed E-state index contributed by atoms with van der Waals surface area (Å²) < 4.78 is 0. The van der Waals surface area contributed by atoms with Crippen molar-refractivity contribution < 1.29 is 0 Å². The molecule has 74 valence electrons. The first-order valence-electron chi connectivity index (χ1n) is 5.75. The summed E-state index contributed by atoms with van der Waals surface area (Å²) in [5.74, 6) is 2.03. The van der Waals surface area contributed by atoms with Crippen molar-refractivity contribution >= 4 is 0 Å². The van der Waals surface area contributed by atoms with E-state index in [1.54, 1.807) is 0 Å². The maximum Gasteiger partial charge on any atom is 0.109 e. The molecular weight excluding hydrogens is 174 g/mol. The summed E-state index contributed by atoms with van der Waals surface area (Å²) in [5.41, 5.74) is 2.76. The van der Waals surface area contributed by atoms with Gasteiger partial charge in [-0.1, -0.05) is 0 Å². The predicted molar refractivity (Wildman–Crippen MR) is 53.2 cm³/mol. The minimum absolute atomic E-state index is 0.562. The molecule has 0 aromatic carbocycles. The monoisotopic (exact) mass is 189 g/mol. The second-order valence-corrected chi connectivity index (χ2v) is 4.96. The second kappa shape index (κ2) is 2.40. The van der Waals surface area contributed by atoms with Gasteiger partial charge in [-0.3, -0.25) is 0 Å². The molecule has 1 saturated carbocycles. The SMILES string of the molecule is C1CC2NC1Cc1[nH]c(C3CC3)nc12. The van der Waals surface area contributed by atoms with Gasteiger partial charge in [-0.25, -0.2) is 4.98 Å². The Balaban J connectivity index is 1.79. The Morgan fingerprint density at radius 3 is 2.93 bits per heavy atom. The molecule has 3 heteroatoms. The van der Waals surface area contributed by atoms with Gasteiger partial charge in [-0.15, -0.1) is 0 Å². The summed E-state index contributed by atoms with van der Waals surface area (Å²) >= 11 is 0. The van der Waals surface area contributed by atoms with Crippen LogP contribution in [0.15, 0.2) is 0 Å². The van der Waals surface area contributed by atoms with Crippen LogP contribution in [0.25, 0.3) is 0 Å². The van der Waals surface area contributed by atoms with Gasteiger partial charge in [0, 0.05) is 24.1 Å². The Labute approximate surface area is 83.3 Å². The van der Waals surface area contributed by atoms with E-state index in [1.165, 1.54) is 49.3 Å². The lowest BCUT2D eigenvalue weighted by Gasteiger charge is -2.19. The van der Waals surface area contributed by atoms with Crippen LogP contribution in [0.3, 0.4) is 0 Å². The predicted octanol–water partition coefficient (Wildman–Crippen LogP) is 1.64. The molecule has 0 spiro atoms. The standard InChI is InChI=1S/C11H15N3/c1-2-6(1)11-13-9-5-7-3-4-8(12-7)10(9)14-11/h6-8,12H,1-5H2,(H,13,14). The summed E-state index contributed by atoms with van der Waals surface area (Å²) in [7, 11) is 0. The Hall–Kier alpha value is -0.830. The molecule has 0 radical (unpaired) electrons. The first kappa shape index (κ1) is 7.46. The lowest BCUT2D eigenvalue weighted by Crippen LogP contribution is -2.31. The summed E-state index contributed by atoms with van der Waals surface area (Å²) in [5, 5.41) is 3.64. The van der Waals surface area contributed by atoms with Crippen molar-refractivity contribution in [1.29, 1.82) is 0 Å². The number of H-pyrrole nitrogens is 1. The summed E-state index contributed by atoms with van der Waals surface area (Å²) in [6.45, 7) is 0. The van der Waals surface area contributed by atoms with E-state index in [0.717, 1.165) is 12.0 Å². The zero-order valence-corrected chi connectivity index (χ0v) is 8.21. The van der Waals surface area contributed by atoms with Gasteiger partial charge in [0.2, 0.25) is 0 Å². The van der Waals surface area contributed by atoms with Gasteiger partial charge in [0.05, 0.1) is 11.7 Å². The van der Waals surface area contributed by atoms with Crippen molar-refractivity contribution in [3.8, 4) is 0 Å². The molecule has 2 N–H and O–H groups in total. The third-order valence-electron chi connectivity index (χ3n) is 3.81. The minimum atomic E-state index is 0.562. The van der Waals surface area contributed by atoms with E-state index in [9.17, 15) is 0 Å². The summed E-state index contributed by atoms with van der Waals surface area (Å²) in [6, 6.07) is 1.28. The largest absolute Gasteiger partial charge is 0.345 e. The molecule has 2 atom stereocenters. The van der Waals surface area contributed by atoms with Crippen molar-refractivity contribution in [3.63, 3.8) is 0 Å². The molecule has 2 unspecified atom stereocenters. The average Bonchev–Trinajstić information content (AvgIpc) is 2.84. The highest BCUT2D eigenvalue weighted by Gasteiger charge is 2.36. The van der Waals surface area contributed by atoms with Crippen LogP contribution in [0.4, 0.5) is 0 Å². The molecule has 4 rings (SSSR count). The maximum atomic E-state index is 4.77. The third-order valence-corrected chi connectivity index (χ3v) is 3.81. The molecule has 14 heavy (non-hydrogen) atoms. The van der Waals surface area contributed by atoms with Crippen LogP contribution in [0.5, 0.6) is 0 Å². The van der Waals surface area contributed by atoms with Crippen LogP contribution in [0.1, 0.15) is 54.9 Å². The number of hydrogen-bond acceptors (Lipinski definition) is 2. The second-order valence-electron chi connectivity index (χ2n) is 4.96. The van der Waals surface area contributed by atoms with E-state index in [-0.39, 0.29) is 0 Å². The van der Waals surface area contributed by atoms with E-state index < -0.39 is 0 Å². The smallest absolute Gasteiger partial charge is 0.109 e. The van der Waals surface area contributed by atoms with Gasteiger partial charge >= 0.3 is 0 Å². The van der Waals surface area contributed by atoms with E-state index in [2.05, 4.69) is 10.3 Å². The van der Waals surface area contributed by atoms with Crippen molar-refractivity contribution in [2.24, 2.45) is 0 Å². The van der Waals surface area contributed by atoms with Gasteiger partial charge in [0.15, 0.2) is 0 Å². The van der Waals surface area contributed by atoms with E-state index >= 15 is 0 Å². The van der Waals surface area contributed by atoms with E-state index in [0.29, 0.717) is 6.04 Å². The topological polar surface area (TPSA) is 40.7 Å². The van der Waals surface area contributed by atoms with Crippen LogP contribution < -0.4 is 5.32 Å². The molecule has 2 bridgehead atoms. The summed E-state index contributed by atoms with van der Waals surface area (Å²) in [4.78, 5) is 8.32. The number of imidazole rings is 1. The molecule has 1 aromatic heterocycles. The van der Waals surface area contributed by atoms with Gasteiger partial charge in [0.25, 0.3) is 0 Å². The molecule has 0 amide bonds. The maximum absolute atomic E-state index is 4.77. The lowest BCUT2D eigenvalue weighted by atomic mass is 10.1. The van der Waals surface area contributed by atoms with Crippen LogP contribution >= 0.6 is 0 Å². The lowest BCUT2D eigenvalue weighted by molar-refractivity contribution is 0.504. The van der Waals surface area contributed by atoms with Crippen molar-refractivity contribution in [2.75, 3.05) is 0 Å². The van der Waals surface area contributed by atoms with Crippen LogP contribution in [0, 0.1) is 0 Å². The molecule has 1 aromatic rings. The number of aromatic nitrogens is 2. The highest BCUT2D eigenvalue weighted by atomic mass is 15.1. The fourth-order valence-electron chi connectivity index (χ4n) is 2.88. The highest BCUT2D eigenvalue weighted by Crippen LogP contribution is 2.41. The Morgan fingerprint density at radius 1 is 1.14 bits per heavy atom. The quantitative estimate of drug-likeness (QED) is 0.705. The van der Waals surface area contributed by atoms with Gasteiger partial charge < -0.3 is 10.3 Å². The van der Waals surface area contributed by atoms with Crippen molar-refractivity contribution in [3.05, 3.63) is 17.2 Å². The number of nitrogens with zero attached hydrogens (tertiary/aromatic N) is 1. The number of hydrogen-bond donors (Lipinski definition) is 2. The first-order chi connectivity index (χ1) is 6.90. The van der Waals surface area contributed by atoms with Gasteiger partial charge in [-0.2, -0.15) is 0 Å². The molecular formula is C11H15N3. The molecule has 2 fully saturated rings. The number of rotatable bonds is 1. The van der Waals surface area contributed by atoms with Gasteiger partial charge in [-0.05, 0) is 25.7 Å². The molecule has 3 heterocycles. The third kappa shape index (κ3) is 0.934. The van der Waals surface area contributed by atoms with Gasteiger partial charge in [0.1, 0.15) is 5.82 Å². The number of aromatic amines is 1. The normalized spacial score (nSPS) is 34.6. The van der Waals surface area contributed by atoms with E-state index in [4.69, 9.17) is 4.98 Å². The molecule has 3 aliphatic rings. The zero-order valence-electron chi connectivity index (χ0n) is 8.21. The average molecular weight is 189 g/mol. The summed E-state index contributed by atoms with van der Waals surface area (Å²) in [6.07, 6.45) is 6.47. The highest BCUT2D eigenvalue weighted by molar-refractivity contribution is 5.27. The van der Waals surface area contributed by atoms with Crippen molar-refractivity contribution in [2.45, 2.75) is 50.1 Å². The number of fused-ring (bicyclic) bond motifs is 4. The number of nitrogens with one attached hydrogen (secondary N) is 2. The Kier molecular flexibility index (Phi) is 1.28. The molecule has 3 nitrogen and oxygen atoms in total. The fourth-order valence-corrected chi connectivity index (χ4v) is 2.88. The first-order valence-corrected chi connectivity index (χ1v) is 5.75. The van der Waals surface area contributed by atoms with E-state index in [1.807, 2.05) is 0 Å². The Bertz CT molecular complexity index is 378. The Morgan fingerprint density at radius 2 is 2.07 bits per heavy atom.